The van der Waals surface area contributed by atoms with Gasteiger partial charge in [-0.2, -0.15) is 0 Å². The summed E-state index contributed by atoms with van der Waals surface area (Å²) in [4.78, 5) is 52.6. The van der Waals surface area contributed by atoms with E-state index in [0.717, 1.165) is 0 Å². The molecule has 0 atom stereocenters. The van der Waals surface area contributed by atoms with Crippen molar-refractivity contribution in [2.75, 3.05) is 52.9 Å². The molecule has 240 valence electrons. The molecule has 10 nitrogen and oxygen atoms in total. The summed E-state index contributed by atoms with van der Waals surface area (Å²) in [5.74, 6) is -0.671. The number of benzene rings is 3. The Kier molecular flexibility index (Phi) is 12.2. The Morgan fingerprint density at radius 2 is 1.09 bits per heavy atom. The molecular weight excluding hydrogens is 610 g/mol. The van der Waals surface area contributed by atoms with Crippen molar-refractivity contribution in [1.29, 1.82) is 0 Å². The van der Waals surface area contributed by atoms with Gasteiger partial charge in [-0.05, 0) is 48.2 Å². The van der Waals surface area contributed by atoms with Crippen LogP contribution in [0.5, 0.6) is 5.75 Å². The average molecular weight is 646 g/mol. The van der Waals surface area contributed by atoms with Gasteiger partial charge in [0, 0.05) is 46.2 Å². The molecule has 2 aliphatic rings. The Labute approximate surface area is 273 Å². The molecule has 0 spiro atoms. The number of ether oxygens (including phenoxy) is 3. The fourth-order valence-corrected chi connectivity index (χ4v) is 5.22. The summed E-state index contributed by atoms with van der Waals surface area (Å²) in [6, 6.07) is 25.4. The minimum Gasteiger partial charge on any atom is -0.497 e. The second-order valence-corrected chi connectivity index (χ2v) is 10.6. The molecule has 0 aliphatic carbocycles. The van der Waals surface area contributed by atoms with Crippen LogP contribution >= 0.6 is 11.6 Å². The normalized spacial score (nSPS) is 14.7. The fraction of sp³-hybridized carbons (Fsp3) is 0.257. The number of methoxy groups -OCH3 is 3. The lowest BCUT2D eigenvalue weighted by atomic mass is 10.0. The zero-order chi connectivity index (χ0) is 33.1. The molecule has 0 fully saturated rings. The number of hydrogen-bond acceptors (Lipinski definition) is 8. The number of nitrogens with one attached hydrogen (secondary N) is 1. The van der Waals surface area contributed by atoms with E-state index in [9.17, 15) is 19.2 Å². The molecule has 3 aromatic rings. The number of carbonyl (C=O) groups excluding carboxylic acids is 4. The quantitative estimate of drug-likeness (QED) is 0.205. The van der Waals surface area contributed by atoms with E-state index in [-0.39, 0.29) is 34.0 Å². The van der Waals surface area contributed by atoms with E-state index in [0.29, 0.717) is 67.3 Å². The lowest BCUT2D eigenvalue weighted by molar-refractivity contribution is -0.138. The maximum atomic E-state index is 13.0. The third kappa shape index (κ3) is 7.89. The highest BCUT2D eigenvalue weighted by molar-refractivity contribution is 6.55. The van der Waals surface area contributed by atoms with Crippen molar-refractivity contribution >= 4 is 52.1 Å². The lowest BCUT2D eigenvalue weighted by Gasteiger charge is -2.15. The maximum Gasteiger partial charge on any atom is 0.278 e. The van der Waals surface area contributed by atoms with Gasteiger partial charge in [0.1, 0.15) is 16.5 Å². The minimum absolute atomic E-state index is 0.00591. The zero-order valence-electron chi connectivity index (χ0n) is 26.0. The van der Waals surface area contributed by atoms with Crippen LogP contribution in [0, 0.1) is 0 Å². The van der Waals surface area contributed by atoms with Crippen LogP contribution in [0.4, 0.5) is 5.69 Å². The van der Waals surface area contributed by atoms with E-state index < -0.39 is 5.91 Å². The molecule has 1 N–H and O–H groups in total. The van der Waals surface area contributed by atoms with Gasteiger partial charge >= 0.3 is 0 Å². The number of halogens is 1. The highest BCUT2D eigenvalue weighted by atomic mass is 35.5. The highest BCUT2D eigenvalue weighted by Gasteiger charge is 2.39. The third-order valence-corrected chi connectivity index (χ3v) is 7.57. The van der Waals surface area contributed by atoms with Crippen LogP contribution in [0.3, 0.4) is 0 Å². The Hall–Kier alpha value is -4.77. The number of nitrogens with zero attached hydrogens (tertiary/aromatic N) is 2. The minimum atomic E-state index is -0.429. The fourth-order valence-electron chi connectivity index (χ4n) is 4.92. The van der Waals surface area contributed by atoms with E-state index in [4.69, 9.17) is 25.8 Å². The lowest BCUT2D eigenvalue weighted by Crippen LogP contribution is -2.33. The van der Waals surface area contributed by atoms with Gasteiger partial charge < -0.3 is 19.5 Å². The standard InChI is InChI=1S/C21H22N2O4.C14H14ClNO3/c1-26-14-6-13-23-20(24)18(15-7-4-3-5-8-15)19(21(23)25)22-16-9-11-17(27-2)12-10-16;1-19-9-5-8-16-13(17)11(12(15)14(16)18)10-6-3-2-4-7-10/h3-5,7-12,22H,6,13-14H2,1-2H3;2-4,6-7H,5,8-9H2,1H3. The molecule has 5 rings (SSSR count). The predicted octanol–water partition coefficient (Wildman–Crippen LogP) is 4.97. The summed E-state index contributed by atoms with van der Waals surface area (Å²) >= 11 is 6.00. The third-order valence-electron chi connectivity index (χ3n) is 7.22. The highest BCUT2D eigenvalue weighted by Crippen LogP contribution is 2.32. The molecule has 46 heavy (non-hydrogen) atoms. The van der Waals surface area contributed by atoms with Crippen LogP contribution in [0.15, 0.2) is 95.7 Å². The van der Waals surface area contributed by atoms with Crippen LogP contribution in [0.25, 0.3) is 11.1 Å². The Morgan fingerprint density at radius 3 is 1.59 bits per heavy atom. The molecule has 0 saturated carbocycles. The second-order valence-electron chi connectivity index (χ2n) is 10.2. The molecule has 2 heterocycles. The van der Waals surface area contributed by atoms with Crippen LogP contribution in [-0.2, 0) is 28.7 Å². The van der Waals surface area contributed by atoms with Crippen molar-refractivity contribution in [3.05, 3.63) is 107 Å². The molecule has 3 aromatic carbocycles. The monoisotopic (exact) mass is 645 g/mol. The summed E-state index contributed by atoms with van der Waals surface area (Å²) in [6.45, 7) is 1.61. The summed E-state index contributed by atoms with van der Waals surface area (Å²) in [5.41, 5.74) is 3.03. The van der Waals surface area contributed by atoms with Gasteiger partial charge in [0.2, 0.25) is 0 Å². The van der Waals surface area contributed by atoms with Gasteiger partial charge in [0.25, 0.3) is 23.6 Å². The maximum absolute atomic E-state index is 13.0. The Bertz CT molecular complexity index is 1610. The van der Waals surface area contributed by atoms with Gasteiger partial charge in [-0.3, -0.25) is 29.0 Å². The van der Waals surface area contributed by atoms with Gasteiger partial charge in [0.15, 0.2) is 0 Å². The number of carbonyl (C=O) groups is 4. The van der Waals surface area contributed by atoms with Gasteiger partial charge in [-0.25, -0.2) is 0 Å². The summed E-state index contributed by atoms with van der Waals surface area (Å²) in [6.07, 6.45) is 1.19. The molecule has 0 bridgehead atoms. The van der Waals surface area contributed by atoms with Crippen molar-refractivity contribution < 1.29 is 33.4 Å². The first-order valence-electron chi connectivity index (χ1n) is 14.7. The van der Waals surface area contributed by atoms with E-state index >= 15 is 0 Å². The van der Waals surface area contributed by atoms with Crippen molar-refractivity contribution in [3.63, 3.8) is 0 Å². The van der Waals surface area contributed by atoms with Crippen molar-refractivity contribution in [2.24, 2.45) is 0 Å². The number of imide groups is 2. The van der Waals surface area contributed by atoms with Crippen LogP contribution in [-0.4, -0.2) is 81.1 Å². The number of rotatable bonds is 13. The second kappa shape index (κ2) is 16.5. The summed E-state index contributed by atoms with van der Waals surface area (Å²) in [5, 5.41) is 3.12. The number of hydrogen-bond donors (Lipinski definition) is 1. The molecule has 0 radical (unpaired) electrons. The summed E-state index contributed by atoms with van der Waals surface area (Å²) in [7, 11) is 4.77. The Morgan fingerprint density at radius 1 is 0.609 bits per heavy atom. The Balaban J connectivity index is 0.000000222. The first-order chi connectivity index (χ1) is 22.3. The van der Waals surface area contributed by atoms with E-state index in [1.807, 2.05) is 36.4 Å². The largest absolute Gasteiger partial charge is 0.497 e. The molecule has 0 saturated heterocycles. The van der Waals surface area contributed by atoms with E-state index in [1.165, 1.54) is 9.80 Å². The predicted molar refractivity (Wildman–Crippen MR) is 176 cm³/mol. The number of anilines is 1. The zero-order valence-corrected chi connectivity index (χ0v) is 26.7. The van der Waals surface area contributed by atoms with Crippen LogP contribution in [0.2, 0.25) is 0 Å². The molecule has 11 heteroatoms. The molecular formula is C35H36ClN3O7. The molecule has 0 unspecified atom stereocenters. The SMILES string of the molecule is COCCCN1C(=O)C(Cl)=C(c2ccccc2)C1=O.COCCCN1C(=O)C(Nc2ccc(OC)cc2)=C(c2ccccc2)C1=O. The van der Waals surface area contributed by atoms with Gasteiger partial charge in [0.05, 0.1) is 18.3 Å². The van der Waals surface area contributed by atoms with Crippen molar-refractivity contribution in [3.8, 4) is 5.75 Å². The van der Waals surface area contributed by atoms with Crippen molar-refractivity contribution in [1.82, 2.24) is 9.80 Å². The molecule has 2 aliphatic heterocycles. The summed E-state index contributed by atoms with van der Waals surface area (Å²) < 4.78 is 15.1. The van der Waals surface area contributed by atoms with E-state index in [1.54, 1.807) is 69.9 Å². The van der Waals surface area contributed by atoms with Crippen molar-refractivity contribution in [2.45, 2.75) is 12.8 Å². The first-order valence-corrected chi connectivity index (χ1v) is 15.1. The smallest absolute Gasteiger partial charge is 0.278 e. The van der Waals surface area contributed by atoms with Crippen LogP contribution < -0.4 is 10.1 Å². The van der Waals surface area contributed by atoms with Gasteiger partial charge in [-0.15, -0.1) is 0 Å². The first kappa shape index (κ1) is 34.1. The van der Waals surface area contributed by atoms with Gasteiger partial charge in [-0.1, -0.05) is 72.3 Å². The topological polar surface area (TPSA) is 114 Å². The molecule has 4 amide bonds. The van der Waals surface area contributed by atoms with E-state index in [2.05, 4.69) is 5.32 Å². The molecule has 0 aromatic heterocycles. The van der Waals surface area contributed by atoms with Crippen LogP contribution in [0.1, 0.15) is 24.0 Å². The average Bonchev–Trinajstić information content (AvgIpc) is 3.44. The number of amides is 4.